The monoisotopic (exact) mass is 546 g/mol. The van der Waals surface area contributed by atoms with E-state index in [0.717, 1.165) is 6.04 Å². The van der Waals surface area contributed by atoms with Gasteiger partial charge in [0, 0.05) is 50.4 Å². The van der Waals surface area contributed by atoms with Crippen LogP contribution in [0.3, 0.4) is 0 Å². The maximum absolute atomic E-state index is 13.0. The Kier molecular flexibility index (Phi) is 12.5. The summed E-state index contributed by atoms with van der Waals surface area (Å²) in [6.45, 7) is 13.8. The first-order chi connectivity index (χ1) is 15.3. The maximum Gasteiger partial charge on any atom is 2.00 e. The van der Waals surface area contributed by atoms with Gasteiger partial charge in [0.15, 0.2) is 0 Å². The number of nitrogens with zero attached hydrogens (tertiary/aromatic N) is 2. The molecule has 184 valence electrons. The minimum Gasteiger partial charge on any atom is -0.377 e. The molecule has 0 heterocycles. The Morgan fingerprint density at radius 1 is 0.912 bits per heavy atom. The van der Waals surface area contributed by atoms with E-state index in [1.54, 1.807) is 0 Å². The van der Waals surface area contributed by atoms with Crippen LogP contribution in [0.25, 0.3) is 5.70 Å². The van der Waals surface area contributed by atoms with Gasteiger partial charge < -0.3 is 13.9 Å². The standard InChI is InChI=1S/C19H28N2OSi.C8H18Si2.Ti/c1-20(2)19-13-15(17-11-7-8-12-18(17)19)14-23(22)21(3)16-9-5-4-6-10-16;1-9(2,3)7-8-10(4,5)6;/h7-8,11-13,15-16H,4-6,9-10,14H2,1-3H3;1-6H3;/q;;+2. The number of fused-ring (bicyclic) bond motifs is 1. The number of hydrogen-bond donors (Lipinski definition) is 0. The predicted molar refractivity (Wildman–Crippen MR) is 151 cm³/mol. The van der Waals surface area contributed by atoms with Gasteiger partial charge in [0.2, 0.25) is 0 Å². The van der Waals surface area contributed by atoms with Gasteiger partial charge in [-0.2, -0.15) is 0 Å². The van der Waals surface area contributed by atoms with Gasteiger partial charge in [-0.25, -0.2) is 0 Å². The van der Waals surface area contributed by atoms with Crippen LogP contribution < -0.4 is 0 Å². The quantitative estimate of drug-likeness (QED) is 0.307. The van der Waals surface area contributed by atoms with Crippen molar-refractivity contribution in [3.05, 3.63) is 41.5 Å². The third-order valence-corrected chi connectivity index (χ3v) is 10.1. The van der Waals surface area contributed by atoms with Crippen molar-refractivity contribution in [2.75, 3.05) is 21.1 Å². The first-order valence-electron chi connectivity index (χ1n) is 12.6. The molecule has 0 aromatic heterocycles. The molecule has 0 spiro atoms. The van der Waals surface area contributed by atoms with Gasteiger partial charge in [-0.15, -0.1) is 11.1 Å². The third kappa shape index (κ3) is 10.1. The zero-order chi connectivity index (χ0) is 24.8. The van der Waals surface area contributed by atoms with Crippen molar-refractivity contribution in [1.82, 2.24) is 9.47 Å². The summed E-state index contributed by atoms with van der Waals surface area (Å²) >= 11 is 0. The van der Waals surface area contributed by atoms with E-state index in [9.17, 15) is 4.46 Å². The molecule has 1 unspecified atom stereocenters. The zero-order valence-corrected chi connectivity index (χ0v) is 27.6. The minimum absolute atomic E-state index is 0. The number of hydrogen-bond acceptors (Lipinski definition) is 2. The van der Waals surface area contributed by atoms with E-state index in [1.165, 1.54) is 48.9 Å². The van der Waals surface area contributed by atoms with Gasteiger partial charge >= 0.3 is 30.6 Å². The normalized spacial score (nSPS) is 17.7. The van der Waals surface area contributed by atoms with Crippen molar-refractivity contribution in [1.29, 1.82) is 0 Å². The second-order valence-electron chi connectivity index (χ2n) is 11.9. The van der Waals surface area contributed by atoms with E-state index < -0.39 is 25.0 Å². The van der Waals surface area contributed by atoms with Crippen LogP contribution in [0, 0.1) is 11.1 Å². The zero-order valence-electron chi connectivity index (χ0n) is 23.1. The smallest absolute Gasteiger partial charge is 0.377 e. The fraction of sp³-hybridized carbons (Fsp3) is 0.630. The first kappa shape index (κ1) is 31.3. The summed E-state index contributed by atoms with van der Waals surface area (Å²) in [5.74, 6) is 0.293. The van der Waals surface area contributed by atoms with Crippen molar-refractivity contribution in [2.45, 2.75) is 89.4 Å². The van der Waals surface area contributed by atoms with Gasteiger partial charge in [0.25, 0.3) is 0 Å². The summed E-state index contributed by atoms with van der Waals surface area (Å²) in [6.07, 6.45) is 8.67. The third-order valence-electron chi connectivity index (χ3n) is 6.20. The van der Waals surface area contributed by atoms with Crippen LogP contribution in [0.5, 0.6) is 0 Å². The second kappa shape index (κ2) is 13.6. The summed E-state index contributed by atoms with van der Waals surface area (Å²) in [5, 5.41) is 0. The first-order valence-corrected chi connectivity index (χ1v) is 21.1. The van der Waals surface area contributed by atoms with E-state index in [0.29, 0.717) is 12.0 Å². The molecule has 7 heteroatoms. The van der Waals surface area contributed by atoms with Crippen molar-refractivity contribution in [3.8, 4) is 11.1 Å². The van der Waals surface area contributed by atoms with Crippen molar-refractivity contribution in [2.24, 2.45) is 0 Å². The summed E-state index contributed by atoms with van der Waals surface area (Å²) in [7, 11) is 2.34. The average molecular weight is 547 g/mol. The Labute approximate surface area is 228 Å². The summed E-state index contributed by atoms with van der Waals surface area (Å²) in [4.78, 5) is 2.17. The molecule has 1 aromatic carbocycles. The van der Waals surface area contributed by atoms with E-state index in [-0.39, 0.29) is 21.7 Å². The van der Waals surface area contributed by atoms with Crippen LogP contribution >= 0.6 is 0 Å². The van der Waals surface area contributed by atoms with E-state index in [2.05, 4.69) is 111 Å². The molecule has 1 atom stereocenters. The molecule has 34 heavy (non-hydrogen) atoms. The van der Waals surface area contributed by atoms with Gasteiger partial charge in [-0.3, -0.25) is 0 Å². The Bertz CT molecular complexity index is 883. The van der Waals surface area contributed by atoms with Crippen molar-refractivity contribution < 1.29 is 26.2 Å². The molecular formula is C27H46N2OSi3Ti+2. The fourth-order valence-corrected chi connectivity index (χ4v) is 9.03. The number of allylic oxidation sites excluding steroid dienone is 1. The molecule has 3 nitrogen and oxygen atoms in total. The topological polar surface area (TPSA) is 23.6 Å². The van der Waals surface area contributed by atoms with Crippen molar-refractivity contribution in [3.63, 3.8) is 0 Å². The Balaban J connectivity index is 0.000000450. The number of benzene rings is 1. The molecule has 0 saturated heterocycles. The molecule has 0 radical (unpaired) electrons. The molecule has 2 aliphatic carbocycles. The van der Waals surface area contributed by atoms with Gasteiger partial charge in [0.05, 0.1) is 0 Å². The molecule has 3 rings (SSSR count). The Morgan fingerprint density at radius 2 is 1.44 bits per heavy atom. The Hall–Kier alpha value is -0.715. The summed E-state index contributed by atoms with van der Waals surface area (Å²) in [6, 6.07) is 9.87. The molecule has 0 N–H and O–H groups in total. The molecule has 1 aromatic rings. The SMILES string of the molecule is CN(C)C1=CC(C[Si](=O)N(C)C2CCCCC2)c2ccccc21.C[Si](C)(C)C#C[Si](C)(C)C.[Ti+2]. The molecular weight excluding hydrogens is 500 g/mol. The van der Waals surface area contributed by atoms with Crippen LogP contribution in [-0.4, -0.2) is 61.6 Å². The van der Waals surface area contributed by atoms with Crippen molar-refractivity contribution >= 4 is 30.7 Å². The number of rotatable bonds is 5. The average Bonchev–Trinajstić information content (AvgIpc) is 3.11. The minimum atomic E-state index is -1.72. The Morgan fingerprint density at radius 3 is 1.94 bits per heavy atom. The van der Waals surface area contributed by atoms with Gasteiger partial charge in [-0.1, -0.05) is 88.9 Å². The molecule has 0 aliphatic heterocycles. The molecule has 0 amide bonds. The van der Waals surface area contributed by atoms with E-state index in [1.807, 2.05) is 0 Å². The van der Waals surface area contributed by atoms with Crippen LogP contribution in [0.2, 0.25) is 45.3 Å². The molecule has 2 aliphatic rings. The van der Waals surface area contributed by atoms with Crippen LogP contribution in [-0.2, 0) is 26.2 Å². The van der Waals surface area contributed by atoms with E-state index >= 15 is 0 Å². The van der Waals surface area contributed by atoms with Crippen LogP contribution in [0.4, 0.5) is 0 Å². The molecule has 0 bridgehead atoms. The molecule has 1 saturated carbocycles. The maximum atomic E-state index is 13.0. The largest absolute Gasteiger partial charge is 2.00 e. The molecule has 1 fully saturated rings. The van der Waals surface area contributed by atoms with Crippen LogP contribution in [0.1, 0.15) is 49.1 Å². The van der Waals surface area contributed by atoms with Gasteiger partial charge in [-0.05, 0) is 18.4 Å². The van der Waals surface area contributed by atoms with Gasteiger partial charge in [0.1, 0.15) is 16.1 Å². The summed E-state index contributed by atoms with van der Waals surface area (Å²) in [5.41, 5.74) is 10.7. The summed E-state index contributed by atoms with van der Waals surface area (Å²) < 4.78 is 15.2. The van der Waals surface area contributed by atoms with E-state index in [4.69, 9.17) is 0 Å². The fourth-order valence-electron chi connectivity index (χ4n) is 4.36. The second-order valence-corrected chi connectivity index (χ2v) is 23.3. The predicted octanol–water partition coefficient (Wildman–Crippen LogP) is 6.61. The van der Waals surface area contributed by atoms with Crippen LogP contribution in [0.15, 0.2) is 30.3 Å².